The summed E-state index contributed by atoms with van der Waals surface area (Å²) >= 11 is 0. The Balaban J connectivity index is 1.77. The molecule has 0 radical (unpaired) electrons. The molecule has 142 valence electrons. The number of carbonyl (C=O) groups excluding carboxylic acids is 2. The molecule has 2 aromatic rings. The number of para-hydroxylation sites is 1. The Kier molecular flexibility index (Phi) is 5.13. The molecule has 1 aliphatic heterocycles. The zero-order chi connectivity index (χ0) is 19.6. The van der Waals surface area contributed by atoms with Crippen LogP contribution in [0.25, 0.3) is 0 Å². The van der Waals surface area contributed by atoms with E-state index in [0.29, 0.717) is 20.1 Å². The molecule has 0 aromatic heterocycles. The number of benzene rings is 2. The van der Waals surface area contributed by atoms with Crippen molar-refractivity contribution in [2.75, 3.05) is 13.1 Å². The van der Waals surface area contributed by atoms with Crippen LogP contribution in [-0.2, 0) is 15.0 Å². The van der Waals surface area contributed by atoms with E-state index in [4.69, 9.17) is 10.5 Å². The molecule has 10 heteroatoms. The molecular weight excluding hydrogens is 374 g/mol. The standard InChI is InChI=1S/C17H17N3O6S/c18-15(21)10-19-16(22)11-20(27(19,24)25)17(23)12-6-8-14(9-7-12)26-13-4-2-1-3-5-13/h1-9,16,22H,10-11H2,(H2,18,21). The topological polar surface area (TPSA) is 130 Å². The highest BCUT2D eigenvalue weighted by Crippen LogP contribution is 2.25. The Morgan fingerprint density at radius 3 is 2.26 bits per heavy atom. The van der Waals surface area contributed by atoms with Gasteiger partial charge in [-0.15, -0.1) is 4.31 Å². The van der Waals surface area contributed by atoms with Crippen molar-refractivity contribution in [2.45, 2.75) is 6.23 Å². The van der Waals surface area contributed by atoms with Gasteiger partial charge in [0, 0.05) is 5.56 Å². The fraction of sp³-hybridized carbons (Fsp3) is 0.176. The molecule has 0 aliphatic carbocycles. The quantitative estimate of drug-likeness (QED) is 0.753. The molecule has 3 rings (SSSR count). The molecule has 1 fully saturated rings. The molecule has 0 bridgehead atoms. The van der Waals surface area contributed by atoms with Crippen LogP contribution in [0.1, 0.15) is 10.4 Å². The summed E-state index contributed by atoms with van der Waals surface area (Å²) in [6.45, 7) is -1.20. The number of hydrogen-bond donors (Lipinski definition) is 2. The van der Waals surface area contributed by atoms with Gasteiger partial charge in [0.2, 0.25) is 5.91 Å². The van der Waals surface area contributed by atoms with Crippen molar-refractivity contribution >= 4 is 22.0 Å². The first-order valence-corrected chi connectivity index (χ1v) is 9.32. The summed E-state index contributed by atoms with van der Waals surface area (Å²) in [5, 5.41) is 9.87. The molecular formula is C17H17N3O6S. The second-order valence-electron chi connectivity index (χ2n) is 5.78. The van der Waals surface area contributed by atoms with Crippen molar-refractivity contribution in [3.05, 3.63) is 60.2 Å². The van der Waals surface area contributed by atoms with Crippen molar-refractivity contribution in [1.82, 2.24) is 8.61 Å². The summed E-state index contributed by atoms with van der Waals surface area (Å²) < 4.78 is 31.4. The Bertz CT molecular complexity index is 946. The van der Waals surface area contributed by atoms with E-state index in [9.17, 15) is 23.1 Å². The molecule has 1 saturated heterocycles. The molecule has 1 unspecified atom stereocenters. The van der Waals surface area contributed by atoms with Gasteiger partial charge < -0.3 is 15.6 Å². The Labute approximate surface area is 155 Å². The monoisotopic (exact) mass is 391 g/mol. The van der Waals surface area contributed by atoms with Crippen LogP contribution in [0.15, 0.2) is 54.6 Å². The minimum absolute atomic E-state index is 0.0899. The van der Waals surface area contributed by atoms with E-state index in [1.807, 2.05) is 18.2 Å². The maximum absolute atomic E-state index is 12.6. The van der Waals surface area contributed by atoms with Gasteiger partial charge in [0.1, 0.15) is 17.7 Å². The predicted octanol–water partition coefficient (Wildman–Crippen LogP) is 0.285. The van der Waals surface area contributed by atoms with Crippen LogP contribution < -0.4 is 10.5 Å². The van der Waals surface area contributed by atoms with Crippen LogP contribution in [-0.4, -0.2) is 53.3 Å². The number of aliphatic hydroxyl groups excluding tert-OH is 1. The first-order valence-electron chi connectivity index (χ1n) is 7.92. The zero-order valence-corrected chi connectivity index (χ0v) is 14.9. The number of primary amides is 1. The molecule has 2 aromatic carbocycles. The third-order valence-corrected chi connectivity index (χ3v) is 5.69. The number of nitrogens with zero attached hydrogens (tertiary/aromatic N) is 2. The normalized spacial score (nSPS) is 19.0. The van der Waals surface area contributed by atoms with E-state index in [2.05, 4.69) is 0 Å². The summed E-state index contributed by atoms with van der Waals surface area (Å²) in [7, 11) is -4.34. The second kappa shape index (κ2) is 7.35. The van der Waals surface area contributed by atoms with Gasteiger partial charge in [-0.25, -0.2) is 4.31 Å². The number of rotatable bonds is 5. The van der Waals surface area contributed by atoms with Crippen LogP contribution >= 0.6 is 0 Å². The van der Waals surface area contributed by atoms with Crippen molar-refractivity contribution in [3.63, 3.8) is 0 Å². The number of hydrogen-bond acceptors (Lipinski definition) is 6. The van der Waals surface area contributed by atoms with E-state index >= 15 is 0 Å². The molecule has 0 spiro atoms. The molecule has 3 N–H and O–H groups in total. The van der Waals surface area contributed by atoms with E-state index < -0.39 is 41.3 Å². The highest BCUT2D eigenvalue weighted by Gasteiger charge is 2.46. The number of ether oxygens (including phenoxy) is 1. The lowest BCUT2D eigenvalue weighted by Gasteiger charge is -2.18. The lowest BCUT2D eigenvalue weighted by molar-refractivity contribution is -0.119. The SMILES string of the molecule is NC(=O)CN1C(O)CN(C(=O)c2ccc(Oc3ccccc3)cc2)S1(=O)=O. The van der Waals surface area contributed by atoms with Gasteiger partial charge in [0.25, 0.3) is 5.91 Å². The average molecular weight is 391 g/mol. The molecule has 27 heavy (non-hydrogen) atoms. The first-order chi connectivity index (χ1) is 12.8. The highest BCUT2D eigenvalue weighted by molar-refractivity contribution is 7.87. The van der Waals surface area contributed by atoms with Gasteiger partial charge in [-0.05, 0) is 36.4 Å². The van der Waals surface area contributed by atoms with Crippen LogP contribution in [0.5, 0.6) is 11.5 Å². The Morgan fingerprint density at radius 1 is 1.07 bits per heavy atom. The smallest absolute Gasteiger partial charge is 0.309 e. The number of β-amino-alcohol motifs (C(OH)–C–C–N with tert-alkyl or cyclic N) is 1. The summed E-state index contributed by atoms with van der Waals surface area (Å²) in [5.41, 5.74) is 5.08. The number of nitrogens with two attached hydrogens (primary N) is 1. The zero-order valence-electron chi connectivity index (χ0n) is 14.1. The molecule has 0 saturated carbocycles. The molecule has 1 aliphatic rings. The van der Waals surface area contributed by atoms with Crippen molar-refractivity contribution in [3.8, 4) is 11.5 Å². The third kappa shape index (κ3) is 3.92. The second-order valence-corrected chi connectivity index (χ2v) is 7.58. The van der Waals surface area contributed by atoms with Crippen molar-refractivity contribution in [2.24, 2.45) is 5.73 Å². The van der Waals surface area contributed by atoms with Gasteiger partial charge in [-0.3, -0.25) is 9.59 Å². The molecule has 9 nitrogen and oxygen atoms in total. The van der Waals surface area contributed by atoms with Gasteiger partial charge in [0.15, 0.2) is 0 Å². The lowest BCUT2D eigenvalue weighted by atomic mass is 10.2. The van der Waals surface area contributed by atoms with Crippen LogP contribution in [0.3, 0.4) is 0 Å². The maximum Gasteiger partial charge on any atom is 0.309 e. The molecule has 1 atom stereocenters. The molecule has 1 heterocycles. The van der Waals surface area contributed by atoms with E-state index in [1.54, 1.807) is 12.1 Å². The average Bonchev–Trinajstić information content (AvgIpc) is 2.85. The summed E-state index contributed by atoms with van der Waals surface area (Å²) in [6.07, 6.45) is -1.54. The minimum atomic E-state index is -4.34. The van der Waals surface area contributed by atoms with Crippen LogP contribution in [0.2, 0.25) is 0 Å². The van der Waals surface area contributed by atoms with E-state index in [0.717, 1.165) is 0 Å². The van der Waals surface area contributed by atoms with Gasteiger partial charge in [-0.1, -0.05) is 18.2 Å². The number of carbonyl (C=O) groups is 2. The fourth-order valence-corrected chi connectivity index (χ4v) is 4.13. The predicted molar refractivity (Wildman–Crippen MR) is 94.8 cm³/mol. The largest absolute Gasteiger partial charge is 0.457 e. The van der Waals surface area contributed by atoms with Crippen LogP contribution in [0, 0.1) is 0 Å². The van der Waals surface area contributed by atoms with E-state index in [1.165, 1.54) is 24.3 Å². The van der Waals surface area contributed by atoms with Gasteiger partial charge >= 0.3 is 10.2 Å². The fourth-order valence-electron chi connectivity index (χ4n) is 2.58. The first kappa shape index (κ1) is 18.8. The maximum atomic E-state index is 12.6. The Hall–Kier alpha value is -2.95. The summed E-state index contributed by atoms with van der Waals surface area (Å²) in [6, 6.07) is 14.9. The Morgan fingerprint density at radius 2 is 1.67 bits per heavy atom. The van der Waals surface area contributed by atoms with Gasteiger partial charge in [0.05, 0.1) is 13.1 Å². The molecule has 2 amide bonds. The number of amides is 2. The minimum Gasteiger partial charge on any atom is -0.457 e. The van der Waals surface area contributed by atoms with Crippen molar-refractivity contribution < 1.29 is 27.9 Å². The lowest BCUT2D eigenvalue weighted by Crippen LogP contribution is -2.42. The third-order valence-electron chi connectivity index (χ3n) is 3.85. The van der Waals surface area contributed by atoms with Crippen LogP contribution in [0.4, 0.5) is 0 Å². The highest BCUT2D eigenvalue weighted by atomic mass is 32.2. The van der Waals surface area contributed by atoms with Crippen molar-refractivity contribution in [1.29, 1.82) is 0 Å². The summed E-state index contributed by atoms with van der Waals surface area (Å²) in [4.78, 5) is 23.6. The van der Waals surface area contributed by atoms with E-state index in [-0.39, 0.29) is 5.56 Å². The summed E-state index contributed by atoms with van der Waals surface area (Å²) in [5.74, 6) is -0.678. The van der Waals surface area contributed by atoms with Gasteiger partial charge in [-0.2, -0.15) is 8.42 Å². The number of aliphatic hydroxyl groups is 1.